The maximum atomic E-state index is 9.54. The summed E-state index contributed by atoms with van der Waals surface area (Å²) in [5.41, 5.74) is 0. The Morgan fingerprint density at radius 1 is 1.88 bits per heavy atom. The highest BCUT2D eigenvalue weighted by Crippen LogP contribution is 2.07. The molecule has 5 nitrogen and oxygen atoms in total. The van der Waals surface area contributed by atoms with E-state index in [0.717, 1.165) is 0 Å². The molecule has 2 N–H and O–H groups in total. The van der Waals surface area contributed by atoms with E-state index in [1.54, 1.807) is 0 Å². The van der Waals surface area contributed by atoms with Crippen molar-refractivity contribution in [1.29, 1.82) is 0 Å². The topological polar surface area (TPSA) is 78.3 Å². The van der Waals surface area contributed by atoms with Crippen LogP contribution in [0.1, 0.15) is 0 Å². The Morgan fingerprint density at radius 2 is 2.62 bits per heavy atom. The fourth-order valence-electron chi connectivity index (χ4n) is 0.311. The van der Waals surface area contributed by atoms with Crippen molar-refractivity contribution in [2.45, 2.75) is 0 Å². The molecule has 1 heterocycles. The number of hydrogen-bond acceptors (Lipinski definition) is 4. The first-order valence-corrected chi connectivity index (χ1v) is 1.83. The van der Waals surface area contributed by atoms with Crippen LogP contribution in [-0.4, -0.2) is 15.1 Å². The third kappa shape index (κ3) is 0.651. The summed E-state index contributed by atoms with van der Waals surface area (Å²) in [6.07, 6.45) is 2.15. The summed E-state index contributed by atoms with van der Waals surface area (Å²) in [7, 11) is 0. The van der Waals surface area contributed by atoms with Crippen molar-refractivity contribution in [3.63, 3.8) is 0 Å². The maximum Gasteiger partial charge on any atom is 0.272 e. The van der Waals surface area contributed by atoms with Crippen molar-refractivity contribution in [2.75, 3.05) is 0 Å². The zero-order chi connectivity index (χ0) is 5.98. The number of aromatic amines is 1. The van der Waals surface area contributed by atoms with E-state index in [0.29, 0.717) is 0 Å². The molecule has 1 aromatic heterocycles. The van der Waals surface area contributed by atoms with Crippen molar-refractivity contribution >= 4 is 5.95 Å². The molecule has 1 rings (SSSR count). The standard InChI is InChI=1S/C3H2N3O2/c7-2-1-4-3(5-2)6-8/h7H,(H,4,5). The summed E-state index contributed by atoms with van der Waals surface area (Å²) in [5, 5.41) is 10.8. The quantitative estimate of drug-likeness (QED) is 0.513. The monoisotopic (exact) mass is 112 g/mol. The molecule has 0 saturated carbocycles. The van der Waals surface area contributed by atoms with Gasteiger partial charge in [0.1, 0.15) is 6.20 Å². The van der Waals surface area contributed by atoms with Gasteiger partial charge in [-0.2, -0.15) is 4.98 Å². The molecular formula is C3H2N3O2. The molecule has 0 atom stereocenters. The number of rotatable bonds is 1. The van der Waals surface area contributed by atoms with Gasteiger partial charge in [0.05, 0.1) is 0 Å². The summed E-state index contributed by atoms with van der Waals surface area (Å²) in [6.45, 7) is 0. The molecule has 0 saturated heterocycles. The number of aromatic hydroxyl groups is 1. The summed E-state index contributed by atoms with van der Waals surface area (Å²) in [6, 6.07) is 0. The molecule has 5 heteroatoms. The lowest BCUT2D eigenvalue weighted by Gasteiger charge is -1.69. The normalized spacial score (nSPS) is 9.00. The van der Waals surface area contributed by atoms with Gasteiger partial charge in [-0.1, -0.05) is 0 Å². The second kappa shape index (κ2) is 1.61. The zero-order valence-corrected chi connectivity index (χ0v) is 3.75. The van der Waals surface area contributed by atoms with Gasteiger partial charge in [0.15, 0.2) is 0 Å². The van der Waals surface area contributed by atoms with Crippen LogP contribution in [-0.2, 0) is 0 Å². The maximum absolute atomic E-state index is 9.54. The number of aromatic nitrogens is 2. The van der Waals surface area contributed by atoms with Crippen LogP contribution in [0.5, 0.6) is 5.88 Å². The minimum atomic E-state index is -0.348. The van der Waals surface area contributed by atoms with Gasteiger partial charge in [-0.3, -0.25) is 0 Å². The van der Waals surface area contributed by atoms with Crippen molar-refractivity contribution < 1.29 is 5.11 Å². The van der Waals surface area contributed by atoms with Gasteiger partial charge in [0.2, 0.25) is 5.88 Å². The lowest BCUT2D eigenvalue weighted by atomic mass is 10.9. The largest absolute Gasteiger partial charge is 0.492 e. The van der Waals surface area contributed by atoms with Crippen molar-refractivity contribution in [2.24, 2.45) is 5.18 Å². The fraction of sp³-hybridized carbons (Fsp3) is 0. The third-order valence-electron chi connectivity index (χ3n) is 0.584. The van der Waals surface area contributed by atoms with Gasteiger partial charge < -0.3 is 10.1 Å². The Morgan fingerprint density at radius 3 is 2.88 bits per heavy atom. The third-order valence-corrected chi connectivity index (χ3v) is 0.584. The van der Waals surface area contributed by atoms with Crippen molar-refractivity contribution in [3.05, 3.63) is 11.1 Å². The minimum Gasteiger partial charge on any atom is -0.492 e. The molecule has 0 aliphatic rings. The van der Waals surface area contributed by atoms with Crippen LogP contribution in [0, 0.1) is 11.1 Å². The SMILES string of the molecule is O=Nc1nc(O)[c][nH]1. The first-order chi connectivity index (χ1) is 3.83. The van der Waals surface area contributed by atoms with Gasteiger partial charge in [0.25, 0.3) is 5.95 Å². The molecule has 0 aromatic carbocycles. The Kier molecular flexibility index (Phi) is 0.957. The van der Waals surface area contributed by atoms with E-state index in [4.69, 9.17) is 5.11 Å². The fourth-order valence-corrected chi connectivity index (χ4v) is 0.311. The zero-order valence-electron chi connectivity index (χ0n) is 3.75. The summed E-state index contributed by atoms with van der Waals surface area (Å²) in [5.74, 6) is -0.512. The first kappa shape index (κ1) is 4.76. The molecule has 0 aliphatic heterocycles. The molecule has 1 aromatic rings. The van der Waals surface area contributed by atoms with Crippen LogP contribution in [0.25, 0.3) is 0 Å². The van der Waals surface area contributed by atoms with E-state index >= 15 is 0 Å². The molecule has 1 radical (unpaired) electrons. The van der Waals surface area contributed by atoms with E-state index in [1.807, 2.05) is 0 Å². The van der Waals surface area contributed by atoms with Crippen LogP contribution >= 0.6 is 0 Å². The number of H-pyrrole nitrogens is 1. The lowest BCUT2D eigenvalue weighted by Crippen LogP contribution is -1.59. The highest BCUT2D eigenvalue weighted by atomic mass is 16.3. The van der Waals surface area contributed by atoms with Crippen LogP contribution in [0.3, 0.4) is 0 Å². The number of nitrogens with zero attached hydrogens (tertiary/aromatic N) is 2. The van der Waals surface area contributed by atoms with Crippen LogP contribution < -0.4 is 0 Å². The molecule has 41 valence electrons. The highest BCUT2D eigenvalue weighted by Gasteiger charge is 1.95. The Balaban J connectivity index is 3.00. The number of nitroso groups, excluding NO2 is 1. The molecule has 0 aliphatic carbocycles. The van der Waals surface area contributed by atoms with Crippen LogP contribution in [0.2, 0.25) is 0 Å². The minimum absolute atomic E-state index is 0.164. The molecule has 8 heavy (non-hydrogen) atoms. The average Bonchev–Trinajstić information content (AvgIpc) is 2.14. The summed E-state index contributed by atoms with van der Waals surface area (Å²) >= 11 is 0. The van der Waals surface area contributed by atoms with Gasteiger partial charge >= 0.3 is 0 Å². The Hall–Kier alpha value is -1.39. The molecule has 0 spiro atoms. The second-order valence-electron chi connectivity index (χ2n) is 1.10. The van der Waals surface area contributed by atoms with E-state index < -0.39 is 0 Å². The smallest absolute Gasteiger partial charge is 0.272 e. The van der Waals surface area contributed by atoms with E-state index in [9.17, 15) is 4.91 Å². The van der Waals surface area contributed by atoms with Crippen molar-refractivity contribution in [1.82, 2.24) is 9.97 Å². The number of nitrogens with one attached hydrogen (secondary N) is 1. The second-order valence-corrected chi connectivity index (χ2v) is 1.10. The van der Waals surface area contributed by atoms with Gasteiger partial charge in [-0.25, -0.2) is 0 Å². The average molecular weight is 112 g/mol. The molecule has 0 unspecified atom stereocenters. The first-order valence-electron chi connectivity index (χ1n) is 1.83. The van der Waals surface area contributed by atoms with Gasteiger partial charge in [-0.15, -0.1) is 4.91 Å². The Bertz CT molecular complexity index is 194. The Labute approximate surface area is 44.3 Å². The van der Waals surface area contributed by atoms with Crippen LogP contribution in [0.15, 0.2) is 5.18 Å². The lowest BCUT2D eigenvalue weighted by molar-refractivity contribution is 0.455. The number of imidazole rings is 1. The van der Waals surface area contributed by atoms with Gasteiger partial charge in [0, 0.05) is 5.18 Å². The van der Waals surface area contributed by atoms with E-state index in [-0.39, 0.29) is 11.8 Å². The molecule has 0 bridgehead atoms. The number of hydrogen-bond donors (Lipinski definition) is 2. The van der Waals surface area contributed by atoms with Crippen LogP contribution in [0.4, 0.5) is 5.95 Å². The predicted molar refractivity (Wildman–Crippen MR) is 24.5 cm³/mol. The summed E-state index contributed by atoms with van der Waals surface area (Å²) < 4.78 is 0. The van der Waals surface area contributed by atoms with E-state index in [2.05, 4.69) is 21.3 Å². The predicted octanol–water partition coefficient (Wildman–Crippen LogP) is 0.313. The van der Waals surface area contributed by atoms with E-state index in [1.165, 1.54) is 0 Å². The molecular weight excluding hydrogens is 110 g/mol. The summed E-state index contributed by atoms with van der Waals surface area (Å²) in [4.78, 5) is 14.9. The molecule has 0 fully saturated rings. The van der Waals surface area contributed by atoms with Gasteiger partial charge in [-0.05, 0) is 0 Å². The highest BCUT2D eigenvalue weighted by molar-refractivity contribution is 5.18. The van der Waals surface area contributed by atoms with Crippen molar-refractivity contribution in [3.8, 4) is 5.88 Å². The molecule has 0 amide bonds.